The molecule has 25 heavy (non-hydrogen) atoms. The normalized spacial score (nSPS) is 17.8. The Morgan fingerprint density at radius 2 is 2.04 bits per heavy atom. The van der Waals surface area contributed by atoms with Crippen LogP contribution >= 0.6 is 0 Å². The lowest BCUT2D eigenvalue weighted by molar-refractivity contribution is 0.160. The molecule has 1 N–H and O–H groups in total. The van der Waals surface area contributed by atoms with Gasteiger partial charge in [0.05, 0.1) is 12.2 Å². The summed E-state index contributed by atoms with van der Waals surface area (Å²) in [6, 6.07) is 2.43. The smallest absolute Gasteiger partial charge is 0.208 e. The number of aryl methyl sites for hydroxylation is 3. The van der Waals surface area contributed by atoms with Crippen LogP contribution in [0.4, 0.5) is 0 Å². The quantitative estimate of drug-likeness (QED) is 0.870. The van der Waals surface area contributed by atoms with E-state index in [4.69, 9.17) is 4.42 Å². The fourth-order valence-corrected chi connectivity index (χ4v) is 3.53. The van der Waals surface area contributed by atoms with Crippen LogP contribution in [0.2, 0.25) is 0 Å². The number of piperidine rings is 1. The van der Waals surface area contributed by atoms with Gasteiger partial charge in [-0.3, -0.25) is 9.88 Å². The lowest BCUT2D eigenvalue weighted by Gasteiger charge is -2.32. The summed E-state index contributed by atoms with van der Waals surface area (Å²) in [6.07, 6.45) is 6.29. The van der Waals surface area contributed by atoms with Crippen molar-refractivity contribution < 1.29 is 4.42 Å². The van der Waals surface area contributed by atoms with Gasteiger partial charge < -0.3 is 9.73 Å². The third-order valence-corrected chi connectivity index (χ3v) is 5.40. The molecule has 0 aliphatic carbocycles. The monoisotopic (exact) mass is 342 g/mol. The predicted molar refractivity (Wildman–Crippen MR) is 99.4 cm³/mol. The molecule has 5 heteroatoms. The van der Waals surface area contributed by atoms with E-state index in [1.165, 1.54) is 24.0 Å². The van der Waals surface area contributed by atoms with E-state index in [9.17, 15) is 0 Å². The Bertz CT molecular complexity index is 669. The minimum atomic E-state index is 0.352. The zero-order chi connectivity index (χ0) is 17.8. The van der Waals surface area contributed by atoms with Crippen molar-refractivity contribution in [1.29, 1.82) is 0 Å². The summed E-state index contributed by atoms with van der Waals surface area (Å²) in [5.74, 6) is 2.53. The molecule has 1 aliphatic heterocycles. The van der Waals surface area contributed by atoms with Crippen molar-refractivity contribution in [3.05, 3.63) is 46.9 Å². The molecule has 136 valence electrons. The summed E-state index contributed by atoms with van der Waals surface area (Å²) in [7, 11) is 0. The highest BCUT2D eigenvalue weighted by molar-refractivity contribution is 5.24. The number of hydrogen-bond acceptors (Lipinski definition) is 5. The number of oxazole rings is 1. The Morgan fingerprint density at radius 1 is 1.28 bits per heavy atom. The first kappa shape index (κ1) is 18.1. The highest BCUT2D eigenvalue weighted by atomic mass is 16.4. The summed E-state index contributed by atoms with van der Waals surface area (Å²) in [5.41, 5.74) is 3.62. The zero-order valence-corrected chi connectivity index (χ0v) is 15.9. The van der Waals surface area contributed by atoms with Gasteiger partial charge in [-0.05, 0) is 83.3 Å². The van der Waals surface area contributed by atoms with Crippen molar-refractivity contribution in [3.8, 4) is 0 Å². The molecule has 1 saturated heterocycles. The summed E-state index contributed by atoms with van der Waals surface area (Å²) < 4.78 is 5.71. The first-order valence-corrected chi connectivity index (χ1v) is 9.32. The van der Waals surface area contributed by atoms with Crippen molar-refractivity contribution in [2.45, 2.75) is 53.1 Å². The Hall–Kier alpha value is -1.72. The van der Waals surface area contributed by atoms with Crippen molar-refractivity contribution in [2.75, 3.05) is 19.6 Å². The molecule has 0 amide bonds. The van der Waals surface area contributed by atoms with Crippen LogP contribution in [0, 0.1) is 26.7 Å². The molecule has 2 aromatic rings. The Balaban J connectivity index is 1.42. The Kier molecular flexibility index (Phi) is 5.86. The van der Waals surface area contributed by atoms with Gasteiger partial charge in [-0.1, -0.05) is 0 Å². The number of aromatic nitrogens is 2. The molecule has 1 aliphatic rings. The minimum absolute atomic E-state index is 0.352. The van der Waals surface area contributed by atoms with Crippen LogP contribution in [0.25, 0.3) is 0 Å². The maximum absolute atomic E-state index is 5.71. The fourth-order valence-electron chi connectivity index (χ4n) is 3.53. The molecule has 0 saturated carbocycles. The maximum Gasteiger partial charge on any atom is 0.208 e. The first-order chi connectivity index (χ1) is 12.0. The molecule has 2 aromatic heterocycles. The van der Waals surface area contributed by atoms with E-state index in [2.05, 4.69) is 40.1 Å². The number of likely N-dealkylation sites (tertiary alicyclic amines) is 1. The highest BCUT2D eigenvalue weighted by Crippen LogP contribution is 2.21. The van der Waals surface area contributed by atoms with Crippen molar-refractivity contribution in [3.63, 3.8) is 0 Å². The van der Waals surface area contributed by atoms with E-state index in [0.29, 0.717) is 6.04 Å². The van der Waals surface area contributed by atoms with Gasteiger partial charge in [0.25, 0.3) is 0 Å². The van der Waals surface area contributed by atoms with Gasteiger partial charge in [0, 0.05) is 18.4 Å². The Morgan fingerprint density at radius 3 is 2.68 bits per heavy atom. The van der Waals surface area contributed by atoms with Crippen molar-refractivity contribution in [2.24, 2.45) is 5.92 Å². The molecule has 3 heterocycles. The van der Waals surface area contributed by atoms with Crippen molar-refractivity contribution in [1.82, 2.24) is 20.2 Å². The van der Waals surface area contributed by atoms with Gasteiger partial charge in [0.15, 0.2) is 0 Å². The number of hydrogen-bond donors (Lipinski definition) is 1. The van der Waals surface area contributed by atoms with Gasteiger partial charge >= 0.3 is 0 Å². The molecule has 0 bridgehead atoms. The van der Waals surface area contributed by atoms with Crippen LogP contribution in [0.1, 0.15) is 54.3 Å². The summed E-state index contributed by atoms with van der Waals surface area (Å²) in [6.45, 7) is 12.5. The average molecular weight is 342 g/mol. The number of nitrogens with one attached hydrogen (secondary N) is 1. The van der Waals surface area contributed by atoms with Gasteiger partial charge in [-0.15, -0.1) is 0 Å². The van der Waals surface area contributed by atoms with Crippen LogP contribution in [-0.4, -0.2) is 34.5 Å². The molecule has 1 unspecified atom stereocenters. The number of nitrogens with zero attached hydrogens (tertiary/aromatic N) is 3. The van der Waals surface area contributed by atoms with E-state index in [1.807, 2.05) is 26.2 Å². The van der Waals surface area contributed by atoms with E-state index < -0.39 is 0 Å². The molecular formula is C20H30N4O. The molecular weight excluding hydrogens is 312 g/mol. The average Bonchev–Trinajstić information content (AvgIpc) is 2.92. The second-order valence-corrected chi connectivity index (χ2v) is 7.33. The van der Waals surface area contributed by atoms with Gasteiger partial charge in [-0.2, -0.15) is 0 Å². The van der Waals surface area contributed by atoms with Crippen LogP contribution in [-0.2, 0) is 6.54 Å². The van der Waals surface area contributed by atoms with Crippen molar-refractivity contribution >= 4 is 0 Å². The van der Waals surface area contributed by atoms with Crippen LogP contribution in [0.5, 0.6) is 0 Å². The lowest BCUT2D eigenvalue weighted by Crippen LogP contribution is -2.37. The number of pyridine rings is 1. The number of rotatable bonds is 6. The maximum atomic E-state index is 5.71. The Labute approximate surface area is 150 Å². The first-order valence-electron chi connectivity index (χ1n) is 9.32. The fraction of sp³-hybridized carbons (Fsp3) is 0.600. The molecule has 0 radical (unpaired) electrons. The molecule has 1 fully saturated rings. The predicted octanol–water partition coefficient (Wildman–Crippen LogP) is 3.56. The van der Waals surface area contributed by atoms with E-state index in [-0.39, 0.29) is 0 Å². The largest absolute Gasteiger partial charge is 0.444 e. The standard InChI is InChI=1S/C20H30N4O/c1-14-5-8-21-12-19(14)16(3)22-11-18-6-9-24(10-7-18)13-20-23-15(2)17(4)25-20/h5,8,12,16,18,22H,6-7,9-11,13H2,1-4H3. The summed E-state index contributed by atoms with van der Waals surface area (Å²) in [5, 5.41) is 3.70. The second-order valence-electron chi connectivity index (χ2n) is 7.33. The lowest BCUT2D eigenvalue weighted by atomic mass is 9.96. The van der Waals surface area contributed by atoms with Crippen LogP contribution < -0.4 is 5.32 Å². The van der Waals surface area contributed by atoms with Gasteiger partial charge in [-0.25, -0.2) is 4.98 Å². The summed E-state index contributed by atoms with van der Waals surface area (Å²) in [4.78, 5) is 11.2. The van der Waals surface area contributed by atoms with E-state index in [1.54, 1.807) is 0 Å². The highest BCUT2D eigenvalue weighted by Gasteiger charge is 2.21. The molecule has 5 nitrogen and oxygen atoms in total. The van der Waals surface area contributed by atoms with E-state index >= 15 is 0 Å². The van der Waals surface area contributed by atoms with Crippen LogP contribution in [0.15, 0.2) is 22.9 Å². The van der Waals surface area contributed by atoms with Crippen LogP contribution in [0.3, 0.4) is 0 Å². The van der Waals surface area contributed by atoms with E-state index in [0.717, 1.165) is 49.4 Å². The molecule has 1 atom stereocenters. The molecule has 0 aromatic carbocycles. The SMILES string of the molecule is Cc1ccncc1C(C)NCC1CCN(Cc2nc(C)c(C)o2)CC1. The zero-order valence-electron chi connectivity index (χ0n) is 15.9. The van der Waals surface area contributed by atoms with Gasteiger partial charge in [0.1, 0.15) is 5.76 Å². The summed E-state index contributed by atoms with van der Waals surface area (Å²) >= 11 is 0. The molecule has 0 spiro atoms. The third-order valence-electron chi connectivity index (χ3n) is 5.40. The third kappa shape index (κ3) is 4.67. The van der Waals surface area contributed by atoms with Gasteiger partial charge in [0.2, 0.25) is 5.89 Å². The topological polar surface area (TPSA) is 54.2 Å². The molecule has 3 rings (SSSR count). The minimum Gasteiger partial charge on any atom is -0.444 e. The second kappa shape index (κ2) is 8.11.